The summed E-state index contributed by atoms with van der Waals surface area (Å²) in [6, 6.07) is 9.99. The van der Waals surface area contributed by atoms with Gasteiger partial charge in [-0.2, -0.15) is 5.26 Å². The van der Waals surface area contributed by atoms with Crippen LogP contribution in [0.5, 0.6) is 0 Å². The number of halogens is 1. The molecule has 1 aliphatic carbocycles. The fourth-order valence-electron chi connectivity index (χ4n) is 3.17. The van der Waals surface area contributed by atoms with Gasteiger partial charge in [0, 0.05) is 21.2 Å². The molecule has 2 heterocycles. The van der Waals surface area contributed by atoms with Gasteiger partial charge in [0.15, 0.2) is 4.96 Å². The molecule has 0 atom stereocenters. The summed E-state index contributed by atoms with van der Waals surface area (Å²) in [7, 11) is 0. The van der Waals surface area contributed by atoms with Gasteiger partial charge in [0.05, 0.1) is 23.9 Å². The number of nitrogens with zero attached hydrogens (tertiary/aromatic N) is 3. The molecule has 4 rings (SSSR count). The molecular weight excluding hydrogens is 314 g/mol. The third-order valence-corrected chi connectivity index (χ3v) is 5.57. The normalized spacial score (nSPS) is 14.0. The van der Waals surface area contributed by atoms with Crippen molar-refractivity contribution in [2.24, 2.45) is 0 Å². The van der Waals surface area contributed by atoms with Crippen molar-refractivity contribution in [1.82, 2.24) is 9.38 Å². The lowest BCUT2D eigenvalue weighted by Gasteiger charge is -2.12. The maximum atomic E-state index is 9.25. The number of hydrogen-bond acceptors (Lipinski definition) is 3. The van der Waals surface area contributed by atoms with E-state index < -0.39 is 0 Å². The van der Waals surface area contributed by atoms with Gasteiger partial charge in [-0.25, -0.2) is 4.98 Å². The van der Waals surface area contributed by atoms with Crippen molar-refractivity contribution in [3.63, 3.8) is 0 Å². The number of hydrogen-bond donors (Lipinski definition) is 0. The standard InChI is InChI=1S/C17H14ClN3S/c18-12-7-5-11(6-8-12)16-14(9-10-19)21-13-3-1-2-4-15(13)22-17(21)20-16/h5-8H,1-4,9H2. The molecule has 0 bridgehead atoms. The SMILES string of the molecule is N#CCc1c(-c2ccc(Cl)cc2)nc2sc3c(n12)CCCC3. The number of aryl methyl sites for hydroxylation is 2. The number of imidazole rings is 1. The molecular formula is C17H14ClN3S. The van der Waals surface area contributed by atoms with E-state index in [0.29, 0.717) is 11.4 Å². The molecule has 1 aliphatic rings. The number of thiazole rings is 1. The second-order valence-corrected chi connectivity index (χ2v) is 7.04. The molecule has 3 nitrogen and oxygen atoms in total. The quantitative estimate of drug-likeness (QED) is 0.686. The van der Waals surface area contributed by atoms with Gasteiger partial charge < -0.3 is 0 Å². The first-order valence-corrected chi connectivity index (χ1v) is 8.62. The molecule has 0 saturated heterocycles. The van der Waals surface area contributed by atoms with Gasteiger partial charge in [0.25, 0.3) is 0 Å². The molecule has 0 N–H and O–H groups in total. The van der Waals surface area contributed by atoms with Gasteiger partial charge in [-0.15, -0.1) is 11.3 Å². The van der Waals surface area contributed by atoms with E-state index in [4.69, 9.17) is 16.6 Å². The fourth-order valence-corrected chi connectivity index (χ4v) is 4.53. The van der Waals surface area contributed by atoms with Gasteiger partial charge in [-0.1, -0.05) is 23.7 Å². The summed E-state index contributed by atoms with van der Waals surface area (Å²) in [6.45, 7) is 0. The van der Waals surface area contributed by atoms with Gasteiger partial charge in [-0.05, 0) is 37.8 Å². The number of rotatable bonds is 2. The Balaban J connectivity index is 1.95. The first-order valence-electron chi connectivity index (χ1n) is 7.42. The minimum atomic E-state index is 0.377. The van der Waals surface area contributed by atoms with Crippen molar-refractivity contribution in [2.45, 2.75) is 32.1 Å². The van der Waals surface area contributed by atoms with Crippen molar-refractivity contribution in [3.05, 3.63) is 45.6 Å². The van der Waals surface area contributed by atoms with Crippen LogP contribution in [-0.2, 0) is 19.3 Å². The minimum Gasteiger partial charge on any atom is -0.290 e. The van der Waals surface area contributed by atoms with Crippen LogP contribution in [0, 0.1) is 11.3 Å². The Kier molecular flexibility index (Phi) is 3.40. The highest BCUT2D eigenvalue weighted by Crippen LogP contribution is 2.35. The van der Waals surface area contributed by atoms with Crippen LogP contribution in [0.2, 0.25) is 5.02 Å². The Bertz CT molecular complexity index is 883. The summed E-state index contributed by atoms with van der Waals surface area (Å²) < 4.78 is 2.23. The Morgan fingerprint density at radius 1 is 1.23 bits per heavy atom. The highest BCUT2D eigenvalue weighted by atomic mass is 35.5. The Morgan fingerprint density at radius 2 is 2.00 bits per heavy atom. The summed E-state index contributed by atoms with van der Waals surface area (Å²) in [4.78, 5) is 7.28. The lowest BCUT2D eigenvalue weighted by molar-refractivity contribution is 0.671. The van der Waals surface area contributed by atoms with Crippen LogP contribution < -0.4 is 0 Å². The molecule has 5 heteroatoms. The van der Waals surface area contributed by atoms with Crippen LogP contribution in [-0.4, -0.2) is 9.38 Å². The van der Waals surface area contributed by atoms with Gasteiger partial charge >= 0.3 is 0 Å². The van der Waals surface area contributed by atoms with Crippen LogP contribution >= 0.6 is 22.9 Å². The van der Waals surface area contributed by atoms with E-state index >= 15 is 0 Å². The van der Waals surface area contributed by atoms with Crippen molar-refractivity contribution in [1.29, 1.82) is 5.26 Å². The smallest absolute Gasteiger partial charge is 0.194 e. The van der Waals surface area contributed by atoms with Crippen molar-refractivity contribution in [2.75, 3.05) is 0 Å². The summed E-state index contributed by atoms with van der Waals surface area (Å²) >= 11 is 7.75. The summed E-state index contributed by atoms with van der Waals surface area (Å²) in [5.74, 6) is 0. The third kappa shape index (κ3) is 2.13. The van der Waals surface area contributed by atoms with Crippen LogP contribution in [0.25, 0.3) is 16.2 Å². The fraction of sp³-hybridized carbons (Fsp3) is 0.294. The first kappa shape index (κ1) is 13.8. The highest BCUT2D eigenvalue weighted by Gasteiger charge is 2.22. The summed E-state index contributed by atoms with van der Waals surface area (Å²) in [5.41, 5.74) is 4.32. The molecule has 0 spiro atoms. The first-order chi connectivity index (χ1) is 10.8. The average molecular weight is 328 g/mol. The van der Waals surface area contributed by atoms with E-state index in [-0.39, 0.29) is 0 Å². The van der Waals surface area contributed by atoms with Crippen LogP contribution in [0.4, 0.5) is 0 Å². The highest BCUT2D eigenvalue weighted by molar-refractivity contribution is 7.17. The van der Waals surface area contributed by atoms with Crippen molar-refractivity contribution >= 4 is 27.9 Å². The van der Waals surface area contributed by atoms with E-state index in [9.17, 15) is 5.26 Å². The topological polar surface area (TPSA) is 41.1 Å². The summed E-state index contributed by atoms with van der Waals surface area (Å²) in [6.07, 6.45) is 5.09. The van der Waals surface area contributed by atoms with E-state index in [1.807, 2.05) is 24.3 Å². The predicted octanol–water partition coefficient (Wildman–Crippen LogP) is 4.66. The maximum Gasteiger partial charge on any atom is 0.194 e. The molecule has 0 saturated carbocycles. The molecule has 0 fully saturated rings. The molecule has 0 amide bonds. The number of nitriles is 1. The molecule has 0 radical (unpaired) electrons. The van der Waals surface area contributed by atoms with Crippen LogP contribution in [0.15, 0.2) is 24.3 Å². The monoisotopic (exact) mass is 327 g/mol. The zero-order chi connectivity index (χ0) is 15.1. The maximum absolute atomic E-state index is 9.25. The number of fused-ring (bicyclic) bond motifs is 3. The zero-order valence-corrected chi connectivity index (χ0v) is 13.5. The third-order valence-electron chi connectivity index (χ3n) is 4.18. The lowest BCUT2D eigenvalue weighted by Crippen LogP contribution is -2.05. The predicted molar refractivity (Wildman–Crippen MR) is 89.5 cm³/mol. The lowest BCUT2D eigenvalue weighted by atomic mass is 10.0. The Hall–Kier alpha value is -1.83. The van der Waals surface area contributed by atoms with E-state index in [2.05, 4.69) is 10.5 Å². The molecule has 3 aromatic rings. The van der Waals surface area contributed by atoms with E-state index in [0.717, 1.165) is 34.8 Å². The Morgan fingerprint density at radius 3 is 2.77 bits per heavy atom. The molecule has 22 heavy (non-hydrogen) atoms. The molecule has 1 aromatic carbocycles. The van der Waals surface area contributed by atoms with Crippen LogP contribution in [0.3, 0.4) is 0 Å². The number of aromatic nitrogens is 2. The van der Waals surface area contributed by atoms with Crippen LogP contribution in [0.1, 0.15) is 29.1 Å². The Labute approximate surface area is 137 Å². The second-order valence-electron chi connectivity index (χ2n) is 5.55. The largest absolute Gasteiger partial charge is 0.290 e. The molecule has 0 unspecified atom stereocenters. The van der Waals surface area contributed by atoms with Gasteiger partial charge in [0.1, 0.15) is 0 Å². The van der Waals surface area contributed by atoms with E-state index in [1.54, 1.807) is 11.3 Å². The van der Waals surface area contributed by atoms with E-state index in [1.165, 1.54) is 23.4 Å². The van der Waals surface area contributed by atoms with Gasteiger partial charge in [0.2, 0.25) is 0 Å². The molecule has 0 aliphatic heterocycles. The second kappa shape index (κ2) is 5.42. The molecule has 110 valence electrons. The average Bonchev–Trinajstić information content (AvgIpc) is 3.05. The zero-order valence-electron chi connectivity index (χ0n) is 12.0. The molecule has 2 aromatic heterocycles. The van der Waals surface area contributed by atoms with Crippen molar-refractivity contribution in [3.8, 4) is 17.3 Å². The summed E-state index contributed by atoms with van der Waals surface area (Å²) in [5, 5.41) is 9.96. The van der Waals surface area contributed by atoms with Gasteiger partial charge in [-0.3, -0.25) is 4.40 Å². The van der Waals surface area contributed by atoms with Crippen molar-refractivity contribution < 1.29 is 0 Å². The number of benzene rings is 1. The minimum absolute atomic E-state index is 0.377.